The van der Waals surface area contributed by atoms with Crippen LogP contribution in [-0.2, 0) is 4.79 Å². The van der Waals surface area contributed by atoms with E-state index in [9.17, 15) is 14.4 Å². The minimum atomic E-state index is -0.817. The normalized spacial score (nSPS) is 22.6. The fourth-order valence-electron chi connectivity index (χ4n) is 4.13. The van der Waals surface area contributed by atoms with Gasteiger partial charge in [-0.05, 0) is 32.2 Å². The number of hydrogen-bond donors (Lipinski definition) is 2. The number of ketones is 1. The minimum Gasteiger partial charge on any atom is -0.480 e. The second-order valence-corrected chi connectivity index (χ2v) is 7.72. The molecule has 0 bridgehead atoms. The molecule has 1 saturated heterocycles. The van der Waals surface area contributed by atoms with Crippen LogP contribution in [0.1, 0.15) is 43.0 Å². The van der Waals surface area contributed by atoms with Gasteiger partial charge in [0.2, 0.25) is 0 Å². The standard InChI is InChI=1S/C21H29N3O4/c1-2-23(14-19(25)26)18-12-17(13-18)22-21(28)24-10-8-16(9-11-24)20(27)15-6-4-3-5-7-15/h3-7,16-18H,2,8-14H2,1H3,(H,22,28)(H,25,26). The molecule has 0 radical (unpaired) electrons. The first-order valence-corrected chi connectivity index (χ1v) is 10.1. The number of urea groups is 1. The van der Waals surface area contributed by atoms with E-state index in [2.05, 4.69) is 5.32 Å². The molecule has 152 valence electrons. The van der Waals surface area contributed by atoms with E-state index >= 15 is 0 Å². The smallest absolute Gasteiger partial charge is 0.317 e. The zero-order chi connectivity index (χ0) is 20.1. The van der Waals surface area contributed by atoms with Crippen LogP contribution in [0.4, 0.5) is 4.79 Å². The molecule has 0 spiro atoms. The van der Waals surface area contributed by atoms with Crippen molar-refractivity contribution >= 4 is 17.8 Å². The van der Waals surface area contributed by atoms with E-state index in [1.807, 2.05) is 42.2 Å². The summed E-state index contributed by atoms with van der Waals surface area (Å²) in [5.41, 5.74) is 0.743. The van der Waals surface area contributed by atoms with Crippen LogP contribution in [0.15, 0.2) is 30.3 Å². The van der Waals surface area contributed by atoms with E-state index in [1.54, 1.807) is 4.90 Å². The Hall–Kier alpha value is -2.41. The van der Waals surface area contributed by atoms with E-state index in [4.69, 9.17) is 5.11 Å². The first kappa shape index (κ1) is 20.3. The lowest BCUT2D eigenvalue weighted by Gasteiger charge is -2.43. The van der Waals surface area contributed by atoms with Crippen molar-refractivity contribution in [2.75, 3.05) is 26.2 Å². The number of piperidine rings is 1. The first-order valence-electron chi connectivity index (χ1n) is 10.1. The monoisotopic (exact) mass is 387 g/mol. The minimum absolute atomic E-state index is 0.0198. The highest BCUT2D eigenvalue weighted by Crippen LogP contribution is 2.26. The lowest BCUT2D eigenvalue weighted by molar-refractivity contribution is -0.139. The fraction of sp³-hybridized carbons (Fsp3) is 0.571. The summed E-state index contributed by atoms with van der Waals surface area (Å²) in [4.78, 5) is 39.7. The van der Waals surface area contributed by atoms with E-state index in [0.29, 0.717) is 32.5 Å². The summed E-state index contributed by atoms with van der Waals surface area (Å²) >= 11 is 0. The highest BCUT2D eigenvalue weighted by atomic mass is 16.4. The maximum atomic E-state index is 12.5. The molecule has 1 aromatic rings. The number of carbonyl (C=O) groups is 3. The zero-order valence-electron chi connectivity index (χ0n) is 16.3. The Morgan fingerprint density at radius 1 is 1.14 bits per heavy atom. The van der Waals surface area contributed by atoms with Gasteiger partial charge in [0.25, 0.3) is 0 Å². The van der Waals surface area contributed by atoms with Crippen LogP contribution in [0.2, 0.25) is 0 Å². The number of nitrogens with one attached hydrogen (secondary N) is 1. The van der Waals surface area contributed by atoms with Crippen molar-refractivity contribution in [3.63, 3.8) is 0 Å². The molecule has 7 heteroatoms. The summed E-state index contributed by atoms with van der Waals surface area (Å²) in [6, 6.07) is 9.59. The Morgan fingerprint density at radius 3 is 2.36 bits per heavy atom. The van der Waals surface area contributed by atoms with Crippen molar-refractivity contribution in [1.29, 1.82) is 0 Å². The molecule has 1 heterocycles. The topological polar surface area (TPSA) is 90.0 Å². The molecule has 7 nitrogen and oxygen atoms in total. The summed E-state index contributed by atoms with van der Waals surface area (Å²) in [5, 5.41) is 12.0. The number of likely N-dealkylation sites (N-methyl/N-ethyl adjacent to an activating group) is 1. The Labute approximate surface area is 165 Å². The highest BCUT2D eigenvalue weighted by molar-refractivity contribution is 5.98. The third-order valence-corrected chi connectivity index (χ3v) is 5.91. The molecule has 1 aromatic carbocycles. The van der Waals surface area contributed by atoms with Gasteiger partial charge in [-0.3, -0.25) is 14.5 Å². The molecule has 2 N–H and O–H groups in total. The lowest BCUT2D eigenvalue weighted by Crippen LogP contribution is -2.57. The second-order valence-electron chi connectivity index (χ2n) is 7.72. The van der Waals surface area contributed by atoms with Gasteiger partial charge in [0.15, 0.2) is 5.78 Å². The van der Waals surface area contributed by atoms with Gasteiger partial charge in [0.05, 0.1) is 6.54 Å². The number of amides is 2. The van der Waals surface area contributed by atoms with Gasteiger partial charge in [0, 0.05) is 36.7 Å². The van der Waals surface area contributed by atoms with Gasteiger partial charge in [-0.1, -0.05) is 37.3 Å². The zero-order valence-corrected chi connectivity index (χ0v) is 16.3. The number of Topliss-reactive ketones (excluding diaryl/α,β-unsaturated/α-hetero) is 1. The molecule has 2 aliphatic rings. The summed E-state index contributed by atoms with van der Waals surface area (Å²) in [6.45, 7) is 3.87. The highest BCUT2D eigenvalue weighted by Gasteiger charge is 2.36. The van der Waals surface area contributed by atoms with Gasteiger partial charge in [-0.25, -0.2) is 4.79 Å². The van der Waals surface area contributed by atoms with E-state index < -0.39 is 5.97 Å². The van der Waals surface area contributed by atoms with Crippen LogP contribution < -0.4 is 5.32 Å². The van der Waals surface area contributed by atoms with Crippen molar-refractivity contribution in [2.45, 2.75) is 44.7 Å². The number of hydrogen-bond acceptors (Lipinski definition) is 4. The van der Waals surface area contributed by atoms with Crippen molar-refractivity contribution in [1.82, 2.24) is 15.1 Å². The maximum absolute atomic E-state index is 12.5. The predicted octanol–water partition coefficient (Wildman–Crippen LogP) is 2.23. The van der Waals surface area contributed by atoms with E-state index in [-0.39, 0.29) is 36.4 Å². The lowest BCUT2D eigenvalue weighted by atomic mass is 9.85. The molecule has 2 amide bonds. The Kier molecular flexibility index (Phi) is 6.67. The Morgan fingerprint density at radius 2 is 1.79 bits per heavy atom. The van der Waals surface area contributed by atoms with Crippen LogP contribution in [-0.4, -0.2) is 71.0 Å². The summed E-state index contributed by atoms with van der Waals surface area (Å²) in [5.74, 6) is -0.670. The number of likely N-dealkylation sites (tertiary alicyclic amines) is 1. The Balaban J connectivity index is 1.40. The third kappa shape index (κ3) is 4.90. The summed E-state index contributed by atoms with van der Waals surface area (Å²) in [6.07, 6.45) is 2.96. The quantitative estimate of drug-likeness (QED) is 0.700. The second kappa shape index (κ2) is 9.19. The molecular formula is C21H29N3O4. The largest absolute Gasteiger partial charge is 0.480 e. The molecule has 1 aliphatic heterocycles. The van der Waals surface area contributed by atoms with Crippen molar-refractivity contribution in [3.05, 3.63) is 35.9 Å². The molecule has 3 rings (SSSR count). The number of carboxylic acid groups (broad SMARTS) is 1. The van der Waals surface area contributed by atoms with Crippen molar-refractivity contribution < 1.29 is 19.5 Å². The van der Waals surface area contributed by atoms with Gasteiger partial charge in [-0.2, -0.15) is 0 Å². The SMILES string of the molecule is CCN(CC(=O)O)C1CC(NC(=O)N2CCC(C(=O)c3ccccc3)CC2)C1. The molecule has 0 atom stereocenters. The van der Waals surface area contributed by atoms with Gasteiger partial charge in [0.1, 0.15) is 0 Å². The molecule has 1 aliphatic carbocycles. The number of benzene rings is 1. The maximum Gasteiger partial charge on any atom is 0.317 e. The molecule has 2 fully saturated rings. The van der Waals surface area contributed by atoms with E-state index in [0.717, 1.165) is 18.4 Å². The van der Waals surface area contributed by atoms with E-state index in [1.165, 1.54) is 0 Å². The fourth-order valence-corrected chi connectivity index (χ4v) is 4.13. The van der Waals surface area contributed by atoms with Crippen LogP contribution in [0, 0.1) is 5.92 Å². The van der Waals surface area contributed by atoms with Crippen molar-refractivity contribution in [2.24, 2.45) is 5.92 Å². The van der Waals surface area contributed by atoms with Crippen LogP contribution >= 0.6 is 0 Å². The molecule has 0 aromatic heterocycles. The molecular weight excluding hydrogens is 358 g/mol. The average Bonchev–Trinajstić information content (AvgIpc) is 2.68. The first-order chi connectivity index (χ1) is 13.5. The van der Waals surface area contributed by atoms with Crippen molar-refractivity contribution in [3.8, 4) is 0 Å². The predicted molar refractivity (Wildman–Crippen MR) is 105 cm³/mol. The number of carbonyl (C=O) groups excluding carboxylic acids is 2. The van der Waals surface area contributed by atoms with Crippen LogP contribution in [0.5, 0.6) is 0 Å². The molecule has 1 saturated carbocycles. The number of aliphatic carboxylic acids is 1. The van der Waals surface area contributed by atoms with Gasteiger partial charge in [-0.15, -0.1) is 0 Å². The van der Waals surface area contributed by atoms with Gasteiger partial charge < -0.3 is 15.3 Å². The summed E-state index contributed by atoms with van der Waals surface area (Å²) < 4.78 is 0. The summed E-state index contributed by atoms with van der Waals surface area (Å²) in [7, 11) is 0. The van der Waals surface area contributed by atoms with Gasteiger partial charge >= 0.3 is 12.0 Å². The van der Waals surface area contributed by atoms with Crippen LogP contribution in [0.25, 0.3) is 0 Å². The number of carboxylic acids is 1. The molecule has 0 unspecified atom stereocenters. The number of rotatable bonds is 7. The third-order valence-electron chi connectivity index (χ3n) is 5.91. The molecule has 28 heavy (non-hydrogen) atoms. The average molecular weight is 387 g/mol. The van der Waals surface area contributed by atoms with Crippen LogP contribution in [0.3, 0.4) is 0 Å². The Bertz CT molecular complexity index is 695. The number of nitrogens with zero attached hydrogens (tertiary/aromatic N) is 2.